The van der Waals surface area contributed by atoms with Crippen LogP contribution in [0, 0.1) is 20.8 Å². The molecule has 0 saturated carbocycles. The summed E-state index contributed by atoms with van der Waals surface area (Å²) in [7, 11) is 3.58. The summed E-state index contributed by atoms with van der Waals surface area (Å²) >= 11 is 0. The first-order chi connectivity index (χ1) is 14.9. The number of fused-ring (bicyclic) bond motifs is 3. The fraction of sp³-hybridized carbons (Fsp3) is 0.333. The molecule has 1 atom stereocenters. The molecule has 1 aromatic carbocycles. The van der Waals surface area contributed by atoms with Crippen LogP contribution in [0.4, 0.5) is 11.6 Å². The van der Waals surface area contributed by atoms with Crippen molar-refractivity contribution in [3.63, 3.8) is 0 Å². The third kappa shape index (κ3) is 3.02. The molecule has 3 aromatic heterocycles. The number of anilines is 2. The highest BCUT2D eigenvalue weighted by molar-refractivity contribution is 6.20. The summed E-state index contributed by atoms with van der Waals surface area (Å²) < 4.78 is 9.56. The van der Waals surface area contributed by atoms with Gasteiger partial charge < -0.3 is 20.4 Å². The van der Waals surface area contributed by atoms with Crippen molar-refractivity contribution in [2.24, 2.45) is 12.0 Å². The number of aromatic amines is 1. The zero-order valence-electron chi connectivity index (χ0n) is 18.4. The summed E-state index contributed by atoms with van der Waals surface area (Å²) in [5.74, 6) is 4.90. The number of ether oxygens (including phenoxy) is 1. The summed E-state index contributed by atoms with van der Waals surface area (Å²) in [6.45, 7) is 7.84. The average Bonchev–Trinajstić information content (AvgIpc) is 3.34. The van der Waals surface area contributed by atoms with Crippen molar-refractivity contribution < 1.29 is 4.74 Å². The molecule has 0 fully saturated rings. The van der Waals surface area contributed by atoms with E-state index in [0.29, 0.717) is 0 Å². The van der Waals surface area contributed by atoms with E-state index in [1.165, 1.54) is 0 Å². The van der Waals surface area contributed by atoms with Gasteiger partial charge in [-0.25, -0.2) is 4.99 Å². The molecule has 1 unspecified atom stereocenters. The van der Waals surface area contributed by atoms with Crippen LogP contribution in [0.5, 0.6) is 5.75 Å². The van der Waals surface area contributed by atoms with E-state index in [4.69, 9.17) is 9.73 Å². The van der Waals surface area contributed by atoms with Gasteiger partial charge >= 0.3 is 0 Å². The van der Waals surface area contributed by atoms with E-state index in [1.54, 1.807) is 7.11 Å². The van der Waals surface area contributed by atoms with Gasteiger partial charge in [0.15, 0.2) is 0 Å². The second kappa shape index (κ2) is 6.86. The molecule has 0 aliphatic carbocycles. The molecule has 0 bridgehead atoms. The van der Waals surface area contributed by atoms with E-state index in [1.807, 2.05) is 56.1 Å². The van der Waals surface area contributed by atoms with Gasteiger partial charge in [0.25, 0.3) is 0 Å². The lowest BCUT2D eigenvalue weighted by Crippen LogP contribution is -2.27. The van der Waals surface area contributed by atoms with Crippen LogP contribution in [0.3, 0.4) is 0 Å². The molecule has 0 amide bonds. The van der Waals surface area contributed by atoms with Crippen molar-refractivity contribution in [2.45, 2.75) is 33.9 Å². The lowest BCUT2D eigenvalue weighted by molar-refractivity contribution is 0.413. The van der Waals surface area contributed by atoms with E-state index in [0.717, 1.165) is 62.7 Å². The number of methoxy groups -OCH3 is 1. The molecule has 4 aromatic rings. The van der Waals surface area contributed by atoms with Gasteiger partial charge in [0, 0.05) is 18.5 Å². The Morgan fingerprint density at radius 2 is 1.84 bits per heavy atom. The highest BCUT2D eigenvalue weighted by Gasteiger charge is 2.26. The largest absolute Gasteiger partial charge is 0.495 e. The summed E-state index contributed by atoms with van der Waals surface area (Å²) in [5, 5.41) is 20.7. The number of amidine groups is 1. The minimum atomic E-state index is -0.0823. The van der Waals surface area contributed by atoms with Crippen LogP contribution in [-0.4, -0.2) is 48.6 Å². The molecule has 160 valence electrons. The molecule has 0 radical (unpaired) electrons. The Morgan fingerprint density at radius 1 is 1.10 bits per heavy atom. The third-order valence-corrected chi connectivity index (χ3v) is 5.49. The molecule has 1 aliphatic rings. The topological polar surface area (TPSA) is 110 Å². The van der Waals surface area contributed by atoms with Crippen LogP contribution in [0.15, 0.2) is 23.2 Å². The fourth-order valence-electron chi connectivity index (χ4n) is 4.16. The summed E-state index contributed by atoms with van der Waals surface area (Å²) in [5.41, 5.74) is 3.76. The van der Waals surface area contributed by atoms with Crippen molar-refractivity contribution >= 4 is 28.4 Å². The van der Waals surface area contributed by atoms with Gasteiger partial charge in [0.2, 0.25) is 0 Å². The second-order valence-corrected chi connectivity index (χ2v) is 7.79. The van der Waals surface area contributed by atoms with Gasteiger partial charge in [-0.05, 0) is 39.8 Å². The highest BCUT2D eigenvalue weighted by Crippen LogP contribution is 2.37. The SMILES string of the molecule is COc1cc2c3c([nH]c2cc1-n1c(C)nnc1C)NC(C)N=C3Nc1cc(C)nn1C. The standard InChI is InChI=1S/C21H25N9O/c1-10-7-18(29(5)28-10)25-21-19-14-8-17(31-6)16(30-12(3)26-27-13(30)4)9-15(14)24-20(19)22-11(2)23-21/h7-9,11,22,24H,1-6H3,(H,23,25). The van der Waals surface area contributed by atoms with E-state index >= 15 is 0 Å². The number of nitrogens with zero attached hydrogens (tertiary/aromatic N) is 6. The van der Waals surface area contributed by atoms with Gasteiger partial charge in [-0.2, -0.15) is 5.10 Å². The van der Waals surface area contributed by atoms with Crippen LogP contribution >= 0.6 is 0 Å². The van der Waals surface area contributed by atoms with E-state index in [-0.39, 0.29) is 6.17 Å². The quantitative estimate of drug-likeness (QED) is 0.471. The maximum atomic E-state index is 5.76. The Bertz CT molecular complexity index is 1320. The van der Waals surface area contributed by atoms with E-state index < -0.39 is 0 Å². The zero-order valence-corrected chi connectivity index (χ0v) is 18.4. The van der Waals surface area contributed by atoms with Crippen molar-refractivity contribution in [1.82, 2.24) is 29.5 Å². The van der Waals surface area contributed by atoms with E-state index in [2.05, 4.69) is 37.0 Å². The number of hydrogen-bond acceptors (Lipinski definition) is 7. The molecule has 1 aliphatic heterocycles. The van der Waals surface area contributed by atoms with Gasteiger partial charge in [-0.1, -0.05) is 0 Å². The summed E-state index contributed by atoms with van der Waals surface area (Å²) in [6.07, 6.45) is -0.0823. The van der Waals surface area contributed by atoms with Gasteiger partial charge in [-0.3, -0.25) is 9.25 Å². The molecule has 31 heavy (non-hydrogen) atoms. The number of rotatable bonds is 3. The van der Waals surface area contributed by atoms with Crippen molar-refractivity contribution in [2.75, 3.05) is 17.7 Å². The summed E-state index contributed by atoms with van der Waals surface area (Å²) in [4.78, 5) is 8.33. The molecular formula is C21H25N9O. The third-order valence-electron chi connectivity index (χ3n) is 5.49. The predicted octanol–water partition coefficient (Wildman–Crippen LogP) is 3.05. The predicted molar refractivity (Wildman–Crippen MR) is 120 cm³/mol. The molecule has 0 spiro atoms. The Hall–Kier alpha value is -3.82. The monoisotopic (exact) mass is 419 g/mol. The van der Waals surface area contributed by atoms with E-state index in [9.17, 15) is 0 Å². The number of aromatic nitrogens is 6. The second-order valence-electron chi connectivity index (χ2n) is 7.79. The Labute approximate surface area is 179 Å². The first-order valence-electron chi connectivity index (χ1n) is 10.1. The molecular weight excluding hydrogens is 394 g/mol. The number of benzene rings is 1. The van der Waals surface area contributed by atoms with Crippen molar-refractivity contribution in [1.29, 1.82) is 0 Å². The first kappa shape index (κ1) is 19.2. The van der Waals surface area contributed by atoms with Gasteiger partial charge in [-0.15, -0.1) is 10.2 Å². The van der Waals surface area contributed by atoms with Gasteiger partial charge in [0.1, 0.15) is 41.0 Å². The maximum Gasteiger partial charge on any atom is 0.143 e. The number of aliphatic imine (C=N–C) groups is 1. The highest BCUT2D eigenvalue weighted by atomic mass is 16.5. The van der Waals surface area contributed by atoms with Crippen molar-refractivity contribution in [3.8, 4) is 11.4 Å². The molecule has 5 rings (SSSR count). The van der Waals surface area contributed by atoms with Crippen LogP contribution < -0.4 is 15.4 Å². The lowest BCUT2D eigenvalue weighted by atomic mass is 10.1. The fourth-order valence-corrected chi connectivity index (χ4v) is 4.16. The normalized spacial score (nSPS) is 15.5. The van der Waals surface area contributed by atoms with Gasteiger partial charge in [0.05, 0.1) is 29.6 Å². The Balaban J connectivity index is 1.68. The van der Waals surface area contributed by atoms with Crippen LogP contribution in [0.25, 0.3) is 16.6 Å². The van der Waals surface area contributed by atoms with Crippen LogP contribution in [-0.2, 0) is 7.05 Å². The average molecular weight is 419 g/mol. The minimum absolute atomic E-state index is 0.0823. The number of aryl methyl sites for hydroxylation is 4. The van der Waals surface area contributed by atoms with Crippen LogP contribution in [0.1, 0.15) is 29.8 Å². The first-order valence-corrected chi connectivity index (χ1v) is 10.1. The molecule has 10 nitrogen and oxygen atoms in total. The Morgan fingerprint density at radius 3 is 2.48 bits per heavy atom. The molecule has 4 heterocycles. The smallest absolute Gasteiger partial charge is 0.143 e. The number of hydrogen-bond donors (Lipinski definition) is 3. The maximum absolute atomic E-state index is 5.76. The zero-order chi connectivity index (χ0) is 21.9. The number of H-pyrrole nitrogens is 1. The van der Waals surface area contributed by atoms with Crippen molar-refractivity contribution in [3.05, 3.63) is 41.1 Å². The minimum Gasteiger partial charge on any atom is -0.495 e. The molecule has 3 N–H and O–H groups in total. The molecule has 0 saturated heterocycles. The Kier molecular flexibility index (Phi) is 4.24. The van der Waals surface area contributed by atoms with Crippen LogP contribution in [0.2, 0.25) is 0 Å². The lowest BCUT2D eigenvalue weighted by Gasteiger charge is -2.21. The molecule has 10 heteroatoms. The number of nitrogens with one attached hydrogen (secondary N) is 3. The summed E-state index contributed by atoms with van der Waals surface area (Å²) in [6, 6.07) is 6.09.